The molecular formula is C14H21NO2S2. The third-order valence-electron chi connectivity index (χ3n) is 3.70. The molecule has 5 heteroatoms. The molecule has 106 valence electrons. The minimum absolute atomic E-state index is 0.185. The molecule has 1 aliphatic rings. The van der Waals surface area contributed by atoms with Crippen molar-refractivity contribution in [1.82, 2.24) is 4.90 Å². The number of rotatable bonds is 5. The van der Waals surface area contributed by atoms with E-state index < -0.39 is 9.84 Å². The van der Waals surface area contributed by atoms with Gasteiger partial charge in [-0.2, -0.15) is 0 Å². The molecule has 1 aromatic rings. The molecule has 1 aliphatic heterocycles. The van der Waals surface area contributed by atoms with Crippen LogP contribution in [0.25, 0.3) is 0 Å². The maximum Gasteiger partial charge on any atom is 0.151 e. The van der Waals surface area contributed by atoms with E-state index in [-0.39, 0.29) is 6.04 Å². The molecule has 0 unspecified atom stereocenters. The summed E-state index contributed by atoms with van der Waals surface area (Å²) in [6.07, 6.45) is 2.85. The summed E-state index contributed by atoms with van der Waals surface area (Å²) in [7, 11) is -2.81. The van der Waals surface area contributed by atoms with Crippen LogP contribution in [-0.4, -0.2) is 43.7 Å². The van der Waals surface area contributed by atoms with Crippen molar-refractivity contribution in [2.45, 2.75) is 30.8 Å². The molecule has 0 N–H and O–H groups in total. The second-order valence-corrected chi connectivity index (χ2v) is 8.01. The lowest BCUT2D eigenvalue weighted by Crippen LogP contribution is -2.35. The fourth-order valence-corrected chi connectivity index (χ4v) is 4.99. The molecule has 1 atom stereocenters. The van der Waals surface area contributed by atoms with Crippen molar-refractivity contribution in [3.8, 4) is 0 Å². The van der Waals surface area contributed by atoms with E-state index in [0.29, 0.717) is 11.5 Å². The number of thioether (sulfide) groups is 1. The average Bonchev–Trinajstić information content (AvgIpc) is 2.76. The molecule has 1 saturated heterocycles. The van der Waals surface area contributed by atoms with Gasteiger partial charge in [0.1, 0.15) is 0 Å². The number of sulfone groups is 1. The van der Waals surface area contributed by atoms with Crippen LogP contribution in [0, 0.1) is 0 Å². The van der Waals surface area contributed by atoms with Crippen molar-refractivity contribution in [3.63, 3.8) is 0 Å². The Kier molecular flexibility index (Phi) is 4.92. The van der Waals surface area contributed by atoms with Crippen LogP contribution in [-0.2, 0) is 16.4 Å². The van der Waals surface area contributed by atoms with Gasteiger partial charge in [-0.15, -0.1) is 11.8 Å². The standard InChI is InChI=1S/C14H21NO2S2/c1-3-15(13-8-9-19(16,17)11-13)10-12-6-4-5-7-14(12)18-2/h4-7,13H,3,8-11H2,1-2H3/t13-/m1/s1. The lowest BCUT2D eigenvalue weighted by atomic mass is 10.1. The van der Waals surface area contributed by atoms with E-state index >= 15 is 0 Å². The second-order valence-electron chi connectivity index (χ2n) is 4.93. The third-order valence-corrected chi connectivity index (χ3v) is 6.29. The van der Waals surface area contributed by atoms with E-state index in [1.54, 1.807) is 11.8 Å². The van der Waals surface area contributed by atoms with Gasteiger partial charge in [0.2, 0.25) is 0 Å². The lowest BCUT2D eigenvalue weighted by Gasteiger charge is -2.27. The van der Waals surface area contributed by atoms with Crippen LogP contribution in [0.3, 0.4) is 0 Å². The monoisotopic (exact) mass is 299 g/mol. The van der Waals surface area contributed by atoms with Crippen molar-refractivity contribution < 1.29 is 8.42 Å². The summed E-state index contributed by atoms with van der Waals surface area (Å²) in [6.45, 7) is 3.84. The summed E-state index contributed by atoms with van der Waals surface area (Å²) < 4.78 is 23.2. The van der Waals surface area contributed by atoms with Gasteiger partial charge in [0.15, 0.2) is 9.84 Å². The topological polar surface area (TPSA) is 37.4 Å². The Labute approximate surface area is 120 Å². The number of hydrogen-bond donors (Lipinski definition) is 0. The molecular weight excluding hydrogens is 278 g/mol. The maximum absolute atomic E-state index is 11.6. The van der Waals surface area contributed by atoms with Gasteiger partial charge in [-0.3, -0.25) is 4.90 Å². The Hall–Kier alpha value is -0.520. The Morgan fingerprint density at radius 2 is 2.11 bits per heavy atom. The highest BCUT2D eigenvalue weighted by molar-refractivity contribution is 7.98. The van der Waals surface area contributed by atoms with E-state index in [0.717, 1.165) is 19.5 Å². The third kappa shape index (κ3) is 3.74. The van der Waals surface area contributed by atoms with Crippen LogP contribution in [0.2, 0.25) is 0 Å². The van der Waals surface area contributed by atoms with Gasteiger partial charge < -0.3 is 0 Å². The summed E-state index contributed by atoms with van der Waals surface area (Å²) in [5.74, 6) is 0.667. The Morgan fingerprint density at radius 3 is 2.68 bits per heavy atom. The molecule has 0 aliphatic carbocycles. The van der Waals surface area contributed by atoms with E-state index in [1.807, 2.05) is 12.1 Å². The average molecular weight is 299 g/mol. The van der Waals surface area contributed by atoms with Gasteiger partial charge in [0.05, 0.1) is 11.5 Å². The van der Waals surface area contributed by atoms with Gasteiger partial charge in [-0.1, -0.05) is 25.1 Å². The summed E-state index contributed by atoms with van der Waals surface area (Å²) in [6, 6.07) is 8.54. The van der Waals surface area contributed by atoms with Crippen molar-refractivity contribution in [3.05, 3.63) is 29.8 Å². The summed E-state index contributed by atoms with van der Waals surface area (Å²) >= 11 is 1.75. The van der Waals surface area contributed by atoms with Gasteiger partial charge >= 0.3 is 0 Å². The molecule has 1 heterocycles. The highest BCUT2D eigenvalue weighted by atomic mass is 32.2. The predicted molar refractivity (Wildman–Crippen MR) is 81.4 cm³/mol. The lowest BCUT2D eigenvalue weighted by molar-refractivity contribution is 0.213. The summed E-state index contributed by atoms with van der Waals surface area (Å²) in [5.41, 5.74) is 1.29. The van der Waals surface area contributed by atoms with Crippen LogP contribution in [0.15, 0.2) is 29.2 Å². The number of hydrogen-bond acceptors (Lipinski definition) is 4. The first-order valence-corrected chi connectivity index (χ1v) is 9.66. The SMILES string of the molecule is CCN(Cc1ccccc1SC)[C@@H]1CCS(=O)(=O)C1. The summed E-state index contributed by atoms with van der Waals surface area (Å²) in [4.78, 5) is 3.57. The first kappa shape index (κ1) is 14.9. The number of benzene rings is 1. The van der Waals surface area contributed by atoms with E-state index in [9.17, 15) is 8.42 Å². The Bertz CT molecular complexity index is 528. The van der Waals surface area contributed by atoms with Crippen LogP contribution >= 0.6 is 11.8 Å². The summed E-state index contributed by atoms with van der Waals surface area (Å²) in [5, 5.41) is 0. The van der Waals surface area contributed by atoms with E-state index in [4.69, 9.17) is 0 Å². The van der Waals surface area contributed by atoms with Gasteiger partial charge in [0.25, 0.3) is 0 Å². The fraction of sp³-hybridized carbons (Fsp3) is 0.571. The smallest absolute Gasteiger partial charge is 0.151 e. The highest BCUT2D eigenvalue weighted by Gasteiger charge is 2.31. The van der Waals surface area contributed by atoms with Crippen molar-refractivity contribution in [1.29, 1.82) is 0 Å². The fourth-order valence-electron chi connectivity index (χ4n) is 2.61. The van der Waals surface area contributed by atoms with Gasteiger partial charge in [-0.25, -0.2) is 8.42 Å². The van der Waals surface area contributed by atoms with Gasteiger partial charge in [0, 0.05) is 17.5 Å². The molecule has 0 saturated carbocycles. The number of nitrogens with zero attached hydrogens (tertiary/aromatic N) is 1. The normalized spacial score (nSPS) is 21.9. The largest absolute Gasteiger partial charge is 0.295 e. The molecule has 0 bridgehead atoms. The molecule has 0 spiro atoms. The molecule has 0 amide bonds. The molecule has 3 nitrogen and oxygen atoms in total. The highest BCUT2D eigenvalue weighted by Crippen LogP contribution is 2.24. The maximum atomic E-state index is 11.6. The minimum Gasteiger partial charge on any atom is -0.295 e. The van der Waals surface area contributed by atoms with Crippen LogP contribution in [0.5, 0.6) is 0 Å². The zero-order valence-corrected chi connectivity index (χ0v) is 13.1. The predicted octanol–water partition coefficient (Wildman–Crippen LogP) is 2.42. The van der Waals surface area contributed by atoms with Crippen molar-refractivity contribution in [2.24, 2.45) is 0 Å². The van der Waals surface area contributed by atoms with Crippen LogP contribution < -0.4 is 0 Å². The zero-order valence-electron chi connectivity index (χ0n) is 11.5. The molecule has 0 radical (unpaired) electrons. The van der Waals surface area contributed by atoms with Crippen molar-refractivity contribution >= 4 is 21.6 Å². The molecule has 19 heavy (non-hydrogen) atoms. The zero-order chi connectivity index (χ0) is 13.9. The quantitative estimate of drug-likeness (QED) is 0.783. The molecule has 0 aromatic heterocycles. The van der Waals surface area contributed by atoms with Crippen LogP contribution in [0.1, 0.15) is 18.9 Å². The first-order valence-electron chi connectivity index (χ1n) is 6.62. The van der Waals surface area contributed by atoms with Crippen LogP contribution in [0.4, 0.5) is 0 Å². The minimum atomic E-state index is -2.81. The van der Waals surface area contributed by atoms with Gasteiger partial charge in [-0.05, 0) is 30.9 Å². The van der Waals surface area contributed by atoms with E-state index in [2.05, 4.69) is 30.2 Å². The molecule has 1 fully saturated rings. The molecule has 2 rings (SSSR count). The van der Waals surface area contributed by atoms with E-state index in [1.165, 1.54) is 10.5 Å². The Morgan fingerprint density at radius 1 is 1.37 bits per heavy atom. The first-order chi connectivity index (χ1) is 9.05. The van der Waals surface area contributed by atoms with Crippen molar-refractivity contribution in [2.75, 3.05) is 24.3 Å². The molecule has 1 aromatic carbocycles. The second kappa shape index (κ2) is 6.29. The Balaban J connectivity index is 2.11.